The normalized spacial score (nSPS) is 12.2. The minimum absolute atomic E-state index is 0.274. The monoisotopic (exact) mass is 267 g/mol. The second-order valence-electron chi connectivity index (χ2n) is 4.21. The van der Waals surface area contributed by atoms with Crippen molar-refractivity contribution in [2.24, 2.45) is 0 Å². The van der Waals surface area contributed by atoms with Crippen molar-refractivity contribution in [3.8, 4) is 11.5 Å². The van der Waals surface area contributed by atoms with Crippen molar-refractivity contribution in [2.45, 2.75) is 26.3 Å². The Morgan fingerprint density at radius 1 is 1.11 bits per heavy atom. The van der Waals surface area contributed by atoms with Gasteiger partial charge in [-0.1, -0.05) is 13.0 Å². The van der Waals surface area contributed by atoms with Gasteiger partial charge in [0.1, 0.15) is 0 Å². The predicted octanol–water partition coefficient (Wildman–Crippen LogP) is 2.78. The Balaban J connectivity index is 2.82. The van der Waals surface area contributed by atoms with Crippen molar-refractivity contribution in [1.82, 2.24) is 5.32 Å². The molecule has 0 spiro atoms. The minimum Gasteiger partial charge on any atom is -0.493 e. The number of methoxy groups -OCH3 is 2. The van der Waals surface area contributed by atoms with Gasteiger partial charge in [0.25, 0.3) is 0 Å². The minimum atomic E-state index is 0.274. The molecule has 1 aromatic carbocycles. The third kappa shape index (κ3) is 4.73. The van der Waals surface area contributed by atoms with Gasteiger partial charge in [-0.2, -0.15) is 0 Å². The summed E-state index contributed by atoms with van der Waals surface area (Å²) in [5.41, 5.74) is 1.19. The molecule has 0 saturated heterocycles. The second kappa shape index (κ2) is 8.77. The Kier molecular flexibility index (Phi) is 7.30. The third-order valence-electron chi connectivity index (χ3n) is 3.02. The van der Waals surface area contributed by atoms with Gasteiger partial charge in [0.15, 0.2) is 11.5 Å². The lowest BCUT2D eigenvalue weighted by Gasteiger charge is -2.19. The van der Waals surface area contributed by atoms with Crippen molar-refractivity contribution in [1.29, 1.82) is 0 Å². The summed E-state index contributed by atoms with van der Waals surface area (Å²) < 4.78 is 16.0. The van der Waals surface area contributed by atoms with Crippen LogP contribution in [0.15, 0.2) is 18.2 Å². The number of benzene rings is 1. The molecule has 4 nitrogen and oxygen atoms in total. The van der Waals surface area contributed by atoms with Gasteiger partial charge < -0.3 is 19.5 Å². The quantitative estimate of drug-likeness (QED) is 0.698. The van der Waals surface area contributed by atoms with E-state index in [0.717, 1.165) is 37.7 Å². The fourth-order valence-electron chi connectivity index (χ4n) is 2.05. The van der Waals surface area contributed by atoms with Crippen LogP contribution in [0.5, 0.6) is 11.5 Å². The van der Waals surface area contributed by atoms with E-state index in [2.05, 4.69) is 18.3 Å². The smallest absolute Gasteiger partial charge is 0.161 e. The Hall–Kier alpha value is -1.26. The largest absolute Gasteiger partial charge is 0.493 e. The molecule has 0 aromatic heterocycles. The highest BCUT2D eigenvalue weighted by atomic mass is 16.5. The van der Waals surface area contributed by atoms with Crippen molar-refractivity contribution in [3.05, 3.63) is 23.8 Å². The fourth-order valence-corrected chi connectivity index (χ4v) is 2.05. The Morgan fingerprint density at radius 2 is 1.84 bits per heavy atom. The van der Waals surface area contributed by atoms with Crippen LogP contribution < -0.4 is 14.8 Å². The molecule has 0 heterocycles. The van der Waals surface area contributed by atoms with Crippen LogP contribution in [0.4, 0.5) is 0 Å². The van der Waals surface area contributed by atoms with E-state index in [9.17, 15) is 0 Å². The number of hydrogen-bond acceptors (Lipinski definition) is 4. The molecule has 0 saturated carbocycles. The highest BCUT2D eigenvalue weighted by Gasteiger charge is 2.13. The lowest BCUT2D eigenvalue weighted by molar-refractivity contribution is 0.136. The summed E-state index contributed by atoms with van der Waals surface area (Å²) in [7, 11) is 3.30. The summed E-state index contributed by atoms with van der Waals surface area (Å²) in [5.74, 6) is 1.52. The van der Waals surface area contributed by atoms with Crippen LogP contribution in [-0.4, -0.2) is 34.0 Å². The average Bonchev–Trinajstić information content (AvgIpc) is 2.45. The van der Waals surface area contributed by atoms with E-state index >= 15 is 0 Å². The summed E-state index contributed by atoms with van der Waals surface area (Å²) in [4.78, 5) is 0. The molecule has 4 heteroatoms. The molecule has 0 bridgehead atoms. The van der Waals surface area contributed by atoms with E-state index in [4.69, 9.17) is 14.2 Å². The summed E-state index contributed by atoms with van der Waals surface area (Å²) in [6, 6.07) is 6.31. The van der Waals surface area contributed by atoms with Crippen LogP contribution in [0.2, 0.25) is 0 Å². The van der Waals surface area contributed by atoms with Crippen LogP contribution in [0.3, 0.4) is 0 Å². The molecule has 19 heavy (non-hydrogen) atoms. The first-order valence-corrected chi connectivity index (χ1v) is 6.79. The number of ether oxygens (including phenoxy) is 3. The van der Waals surface area contributed by atoms with Crippen molar-refractivity contribution in [2.75, 3.05) is 34.0 Å². The fraction of sp³-hybridized carbons (Fsp3) is 0.600. The van der Waals surface area contributed by atoms with E-state index in [1.165, 1.54) is 5.56 Å². The molecule has 0 radical (unpaired) electrons. The molecule has 0 aliphatic heterocycles. The Morgan fingerprint density at radius 3 is 2.42 bits per heavy atom. The first-order chi connectivity index (χ1) is 9.26. The second-order valence-corrected chi connectivity index (χ2v) is 4.21. The van der Waals surface area contributed by atoms with E-state index in [0.29, 0.717) is 0 Å². The molecule has 0 fully saturated rings. The topological polar surface area (TPSA) is 39.7 Å². The van der Waals surface area contributed by atoms with Gasteiger partial charge in [-0.3, -0.25) is 0 Å². The highest BCUT2D eigenvalue weighted by molar-refractivity contribution is 5.43. The summed E-state index contributed by atoms with van der Waals surface area (Å²) >= 11 is 0. The molecule has 0 aliphatic rings. The summed E-state index contributed by atoms with van der Waals surface area (Å²) in [6.45, 7) is 6.55. The van der Waals surface area contributed by atoms with E-state index in [-0.39, 0.29) is 6.04 Å². The Bertz CT molecular complexity index is 368. The first kappa shape index (κ1) is 15.8. The first-order valence-electron chi connectivity index (χ1n) is 6.79. The van der Waals surface area contributed by atoms with E-state index in [1.807, 2.05) is 19.1 Å². The van der Waals surface area contributed by atoms with Gasteiger partial charge in [-0.25, -0.2) is 0 Å². The van der Waals surface area contributed by atoms with Crippen LogP contribution in [0, 0.1) is 0 Å². The van der Waals surface area contributed by atoms with E-state index < -0.39 is 0 Å². The maximum absolute atomic E-state index is 5.44. The van der Waals surface area contributed by atoms with Crippen molar-refractivity contribution >= 4 is 0 Å². The van der Waals surface area contributed by atoms with Gasteiger partial charge in [0, 0.05) is 19.3 Å². The molecule has 1 atom stereocenters. The van der Waals surface area contributed by atoms with Gasteiger partial charge >= 0.3 is 0 Å². The zero-order valence-electron chi connectivity index (χ0n) is 12.4. The number of rotatable bonds is 9. The Labute approximate surface area is 116 Å². The molecule has 108 valence electrons. The molecular formula is C15H25NO3. The third-order valence-corrected chi connectivity index (χ3v) is 3.02. The van der Waals surface area contributed by atoms with Gasteiger partial charge in [-0.15, -0.1) is 0 Å². The lowest BCUT2D eigenvalue weighted by Crippen LogP contribution is -2.22. The lowest BCUT2D eigenvalue weighted by atomic mass is 10.0. The molecule has 1 N–H and O–H groups in total. The highest BCUT2D eigenvalue weighted by Crippen LogP contribution is 2.30. The van der Waals surface area contributed by atoms with Crippen LogP contribution in [0.25, 0.3) is 0 Å². The average molecular weight is 267 g/mol. The van der Waals surface area contributed by atoms with Gasteiger partial charge in [0.05, 0.1) is 14.2 Å². The maximum Gasteiger partial charge on any atom is 0.161 e. The summed E-state index contributed by atoms with van der Waals surface area (Å²) in [5, 5.41) is 3.47. The van der Waals surface area contributed by atoms with Gasteiger partial charge in [-0.05, 0) is 37.6 Å². The van der Waals surface area contributed by atoms with Crippen LogP contribution in [0.1, 0.15) is 31.9 Å². The van der Waals surface area contributed by atoms with Crippen molar-refractivity contribution < 1.29 is 14.2 Å². The molecule has 1 unspecified atom stereocenters. The molecule has 1 rings (SSSR count). The zero-order valence-corrected chi connectivity index (χ0v) is 12.4. The van der Waals surface area contributed by atoms with Gasteiger partial charge in [0.2, 0.25) is 0 Å². The molecule has 1 aromatic rings. The van der Waals surface area contributed by atoms with Crippen LogP contribution in [-0.2, 0) is 4.74 Å². The molecular weight excluding hydrogens is 242 g/mol. The summed E-state index contributed by atoms with van der Waals surface area (Å²) in [6.07, 6.45) is 0.942. The van der Waals surface area contributed by atoms with Crippen molar-refractivity contribution in [3.63, 3.8) is 0 Å². The molecule has 0 amide bonds. The van der Waals surface area contributed by atoms with Crippen LogP contribution >= 0.6 is 0 Å². The SMILES string of the molecule is CCNC(CCOCC)c1ccc(OC)c(OC)c1. The predicted molar refractivity (Wildman–Crippen MR) is 77.1 cm³/mol. The standard InChI is InChI=1S/C15H25NO3/c1-5-16-13(9-10-19-6-2)12-7-8-14(17-3)15(11-12)18-4/h7-8,11,13,16H,5-6,9-10H2,1-4H3. The number of hydrogen-bond donors (Lipinski definition) is 1. The zero-order chi connectivity index (χ0) is 14.1. The maximum atomic E-state index is 5.44. The number of nitrogens with one attached hydrogen (secondary N) is 1. The van der Waals surface area contributed by atoms with E-state index in [1.54, 1.807) is 14.2 Å². The molecule has 0 aliphatic carbocycles.